The zero-order chi connectivity index (χ0) is 85.1. The Kier molecular flexibility index (Phi) is 74.2. The van der Waals surface area contributed by atoms with Crippen LogP contribution in [0.4, 0.5) is 0 Å². The number of nitrogens with one attached hydrogen (secondary N) is 2. The van der Waals surface area contributed by atoms with Gasteiger partial charge in [0.25, 0.3) is 0 Å². The largest absolute Gasteiger partial charge is 0.475 e. The maximum Gasteiger partial charge on any atom is 0.475 e. The normalized spacial score (nSPS) is 20.9. The van der Waals surface area contributed by atoms with Gasteiger partial charge in [0.05, 0.1) is 58.1 Å². The van der Waals surface area contributed by atoms with Gasteiger partial charge < -0.3 is 63.1 Å². The third-order valence-corrected chi connectivity index (χ3v) is 23.3. The fourth-order valence-corrected chi connectivity index (χ4v) is 16.5. The first-order chi connectivity index (χ1) is 56.6. The molecule has 23 nitrogen and oxygen atoms in total. The molecule has 0 aliphatic carbocycles. The smallest absolute Gasteiger partial charge is 0.471 e. The fraction of sp³-hybridized carbons (Fsp3) is 0.824. The second kappa shape index (κ2) is 77.8. The van der Waals surface area contributed by atoms with E-state index in [4.69, 9.17) is 74.5 Å². The van der Waals surface area contributed by atoms with Crippen molar-refractivity contribution < 1.29 is 98.3 Å². The molecule has 3 heterocycles. The zero-order valence-corrected chi connectivity index (χ0v) is 76.0. The van der Waals surface area contributed by atoms with E-state index in [0.29, 0.717) is 25.7 Å². The molecule has 3 aliphatic rings. The number of ether oxygens (including phenoxy) is 10. The first kappa shape index (κ1) is 111. The number of carbonyl (C=O) groups excluding carboxylic acids is 2. The van der Waals surface area contributed by atoms with Crippen LogP contribution < -0.4 is 10.6 Å². The Bertz CT molecular complexity index is 2490. The molecule has 0 radical (unpaired) electrons. The number of aliphatic hydroxyl groups excluding tert-OH is 1. The maximum absolute atomic E-state index is 14.0. The van der Waals surface area contributed by atoms with E-state index in [0.717, 1.165) is 116 Å². The molecule has 116 heavy (non-hydrogen) atoms. The van der Waals surface area contributed by atoms with Crippen molar-refractivity contribution >= 4 is 27.5 Å². The van der Waals surface area contributed by atoms with Crippen LogP contribution in [0.15, 0.2) is 87.3 Å². The summed E-state index contributed by atoms with van der Waals surface area (Å²) in [7, 11) is -1.98. The summed E-state index contributed by atoms with van der Waals surface area (Å²) in [4.78, 5) is 26.9. The molecule has 678 valence electrons. The van der Waals surface area contributed by atoms with Gasteiger partial charge in [-0.1, -0.05) is 249 Å². The lowest BCUT2D eigenvalue weighted by atomic mass is 9.96. The molecule has 3 fully saturated rings. The van der Waals surface area contributed by atoms with Crippen LogP contribution in [0.25, 0.3) is 0 Å². The van der Waals surface area contributed by atoms with Gasteiger partial charge in [-0.05, 0) is 110 Å². The average Bonchev–Trinajstić information content (AvgIpc) is 0.971. The van der Waals surface area contributed by atoms with Crippen LogP contribution in [0.5, 0.6) is 0 Å². The second-order valence-corrected chi connectivity index (χ2v) is 33.8. The summed E-state index contributed by atoms with van der Waals surface area (Å²) in [6, 6.07) is -1.86. The summed E-state index contributed by atoms with van der Waals surface area (Å²) in [6.45, 7) is 27.5. The molecule has 3 saturated heterocycles. The van der Waals surface area contributed by atoms with Gasteiger partial charge in [0, 0.05) is 67.7 Å². The minimum absolute atomic E-state index is 0.0105. The van der Waals surface area contributed by atoms with E-state index in [1.807, 2.05) is 6.92 Å². The van der Waals surface area contributed by atoms with Gasteiger partial charge in [-0.3, -0.25) is 36.7 Å². The lowest BCUT2D eigenvalue weighted by molar-refractivity contribution is -0.262. The average molecular weight is 1690 g/mol. The summed E-state index contributed by atoms with van der Waals surface area (Å²) in [6.07, 6.45) is 58.4. The van der Waals surface area contributed by atoms with Crippen LogP contribution in [0, 0.1) is 0 Å². The summed E-state index contributed by atoms with van der Waals surface area (Å²) < 4.78 is 121. The highest BCUT2D eigenvalue weighted by Crippen LogP contribution is 2.54. The quantitative estimate of drug-likeness (QED) is 0.0221. The standard InChI is InChI=1S/C45H82NO10P.C42H78NO10P.C4H8O/c1-8-13-15-17-18-19-20-21-22-23-24-25-26-28-30-32-41(47)46-42-44(51-37-33-39(50-7)31-29-27-16-14-9-2)43(40(38-49-6)55-45(42)52-34-10-3)56-57(48,53-35-11-4)54-36-12-5;1-7-11-13-15-16-17-18-19-20-21-22-23-24-26-28-30-38(44)43-39-41(49-34-31-36(48-6)29-27-25-14-12-8-2)40(37(35-47-5)52-42(39)45)53-54(46,50-32-9-3)51-33-10-4;1-2-4-5-3-1/h10-12,19-20,34,39-40,42-45H,4-5,8-9,13-18,21-33,35-38H2,1-3,6-7H3,(H,46,47);9-10,17-18,36-37,39-42,45H,3-4,7-8,11-16,19-35H2,1-2,5-6H3,(H,43,44);1-4H2/b20-19-,34-10-;18-17-;/t39-,40-,42-,43-,44-,45+;36-,37-,39-,40-,41-,42?;/m11./s1. The summed E-state index contributed by atoms with van der Waals surface area (Å²) >= 11 is 0. The van der Waals surface area contributed by atoms with Gasteiger partial charge in [0.2, 0.25) is 18.1 Å². The first-order valence-electron chi connectivity index (χ1n) is 45.2. The molecule has 0 bridgehead atoms. The van der Waals surface area contributed by atoms with Gasteiger partial charge in [0.1, 0.15) is 48.7 Å². The molecule has 0 aromatic carbocycles. The fourth-order valence-electron chi connectivity index (χ4n) is 13.8. The van der Waals surface area contributed by atoms with Crippen molar-refractivity contribution in [3.8, 4) is 0 Å². The van der Waals surface area contributed by atoms with Crippen molar-refractivity contribution in [2.75, 3.05) is 94.5 Å². The number of amides is 2. The molecule has 12 atom stereocenters. The van der Waals surface area contributed by atoms with E-state index in [1.165, 1.54) is 199 Å². The summed E-state index contributed by atoms with van der Waals surface area (Å²) in [5, 5.41) is 17.3. The van der Waals surface area contributed by atoms with Crippen LogP contribution in [0.2, 0.25) is 0 Å². The van der Waals surface area contributed by atoms with Crippen LogP contribution in [0.3, 0.4) is 0 Å². The van der Waals surface area contributed by atoms with Crippen LogP contribution in [-0.4, -0.2) is 185 Å². The zero-order valence-electron chi connectivity index (χ0n) is 74.2. The van der Waals surface area contributed by atoms with Crippen LogP contribution >= 0.6 is 15.6 Å². The highest BCUT2D eigenvalue weighted by atomic mass is 31.2. The van der Waals surface area contributed by atoms with Gasteiger partial charge in [-0.15, -0.1) is 26.3 Å². The van der Waals surface area contributed by atoms with Crippen molar-refractivity contribution in [2.45, 2.75) is 391 Å². The van der Waals surface area contributed by atoms with E-state index in [1.54, 1.807) is 20.3 Å². The Morgan fingerprint density at radius 3 is 1.13 bits per heavy atom. The molecule has 3 aliphatic heterocycles. The molecule has 3 N–H and O–H groups in total. The van der Waals surface area contributed by atoms with E-state index in [2.05, 4.69) is 88.9 Å². The lowest BCUT2D eigenvalue weighted by Gasteiger charge is -2.46. The number of phosphoric ester groups is 2. The molecule has 1 unspecified atom stereocenters. The molecule has 0 spiro atoms. The highest BCUT2D eigenvalue weighted by molar-refractivity contribution is 7.48. The molecular formula is C91H168N2O21P2. The number of rotatable bonds is 76. The minimum atomic E-state index is -4.21. The molecule has 0 aromatic rings. The van der Waals surface area contributed by atoms with E-state index >= 15 is 0 Å². The summed E-state index contributed by atoms with van der Waals surface area (Å²) in [5.74, 6) is -0.398. The highest BCUT2D eigenvalue weighted by Gasteiger charge is 2.53. The van der Waals surface area contributed by atoms with E-state index in [9.17, 15) is 23.8 Å². The number of aliphatic hydroxyl groups is 1. The molecule has 2 amide bonds. The van der Waals surface area contributed by atoms with E-state index < -0.39 is 76.9 Å². The molecule has 3 rings (SSSR count). The maximum atomic E-state index is 14.0. The van der Waals surface area contributed by atoms with Gasteiger partial charge in [0.15, 0.2) is 6.29 Å². The van der Waals surface area contributed by atoms with Crippen molar-refractivity contribution in [1.29, 1.82) is 0 Å². The Morgan fingerprint density at radius 2 is 0.784 bits per heavy atom. The number of hydrogen-bond acceptors (Lipinski definition) is 21. The number of phosphoric acid groups is 2. The number of carbonyl (C=O) groups is 2. The molecule has 0 aromatic heterocycles. The second-order valence-electron chi connectivity index (χ2n) is 30.5. The Morgan fingerprint density at radius 1 is 0.448 bits per heavy atom. The molecule has 0 saturated carbocycles. The number of unbranched alkanes of at least 4 members (excludes halogenated alkanes) is 30. The number of methoxy groups -OCH3 is 4. The SMILES string of the molecule is C1CCOC1.C=CCOP(=O)(OCC=C)O[C@H]1[C@H](OCC[C@@H](CCCCCCC)OC)[C@@H](NC(=O)CCCCCCCCC/C=C\CCCCCC)C(O)O[C@@H]1COC.C=CCOP(=O)(OCC=C)O[C@H]1[C@H](OCC[C@@H](CCCCCCC)OC)[C@@H](NC(=O)CCCCCCCCC/C=C\CCCCCC)[C@@H](O/C=C\C)O[C@@H]1COC. The minimum Gasteiger partial charge on any atom is -0.471 e. The van der Waals surface area contributed by atoms with Crippen molar-refractivity contribution in [3.05, 3.63) is 87.3 Å². The monoisotopic (exact) mass is 1690 g/mol. The Labute approximate surface area is 705 Å². The van der Waals surface area contributed by atoms with Crippen LogP contribution in [0.1, 0.15) is 317 Å². The first-order valence-corrected chi connectivity index (χ1v) is 48.1. The number of hydrogen-bond donors (Lipinski definition) is 3. The van der Waals surface area contributed by atoms with Gasteiger partial charge in [-0.2, -0.15) is 0 Å². The predicted molar refractivity (Wildman–Crippen MR) is 469 cm³/mol. The van der Waals surface area contributed by atoms with Gasteiger partial charge >= 0.3 is 15.6 Å². The third-order valence-electron chi connectivity index (χ3n) is 20.5. The van der Waals surface area contributed by atoms with Crippen molar-refractivity contribution in [1.82, 2.24) is 10.6 Å². The van der Waals surface area contributed by atoms with Crippen LogP contribution in [-0.2, 0) is 93.2 Å². The molecular weight excluding hydrogens is 1520 g/mol. The topological polar surface area (TPSA) is 260 Å². The third kappa shape index (κ3) is 56.4. The molecule has 25 heteroatoms. The Balaban J connectivity index is 0.00000109. The Hall–Kier alpha value is -3.26. The van der Waals surface area contributed by atoms with Gasteiger partial charge in [-0.25, -0.2) is 9.13 Å². The number of allylic oxidation sites excluding steroid dienone is 5. The van der Waals surface area contributed by atoms with E-state index in [-0.39, 0.29) is 76.9 Å². The lowest BCUT2D eigenvalue weighted by Crippen LogP contribution is -2.66. The summed E-state index contributed by atoms with van der Waals surface area (Å²) in [5.41, 5.74) is 0. The van der Waals surface area contributed by atoms with Crippen molar-refractivity contribution in [3.63, 3.8) is 0 Å². The van der Waals surface area contributed by atoms with Crippen molar-refractivity contribution in [2.24, 2.45) is 0 Å². The predicted octanol–water partition coefficient (Wildman–Crippen LogP) is 22.2.